The Morgan fingerprint density at radius 3 is 2.87 bits per heavy atom. The van der Waals surface area contributed by atoms with Gasteiger partial charge >= 0.3 is 0 Å². The lowest BCUT2D eigenvalue weighted by Crippen LogP contribution is -2.37. The van der Waals surface area contributed by atoms with Gasteiger partial charge in [-0.05, 0) is 12.3 Å². The number of aryl methyl sites for hydroxylation is 2. The van der Waals surface area contributed by atoms with E-state index in [1.54, 1.807) is 0 Å². The van der Waals surface area contributed by atoms with Gasteiger partial charge in [0.15, 0.2) is 0 Å². The van der Waals surface area contributed by atoms with E-state index in [2.05, 4.69) is 53.9 Å². The van der Waals surface area contributed by atoms with Crippen molar-refractivity contribution in [3.05, 3.63) is 29.5 Å². The predicted octanol–water partition coefficient (Wildman–Crippen LogP) is 1.91. The van der Waals surface area contributed by atoms with Crippen molar-refractivity contribution in [2.24, 2.45) is 7.05 Å². The van der Waals surface area contributed by atoms with E-state index >= 15 is 0 Å². The van der Waals surface area contributed by atoms with Crippen molar-refractivity contribution in [3.63, 3.8) is 0 Å². The number of hydrogen-bond donors (Lipinski definition) is 1. The van der Waals surface area contributed by atoms with E-state index in [1.807, 2.05) is 17.9 Å². The monoisotopic (exact) mass is 316 g/mol. The fourth-order valence-corrected chi connectivity index (χ4v) is 3.55. The highest BCUT2D eigenvalue weighted by atomic mass is 15.4. The molecule has 1 N–H and O–H groups in total. The van der Waals surface area contributed by atoms with Crippen LogP contribution >= 0.6 is 0 Å². The average Bonchev–Trinajstić information content (AvgIpc) is 3.08. The average molecular weight is 316 g/mol. The Morgan fingerprint density at radius 1 is 1.39 bits per heavy atom. The largest absolute Gasteiger partial charge is 0.363 e. The SMILES string of the molecule is CC(C)c1nn(C)c(N(C)C)c1CN[C@H]1CCc2nccn2C1. The molecular weight excluding hydrogens is 288 g/mol. The first kappa shape index (κ1) is 16.1. The minimum absolute atomic E-state index is 0.429. The van der Waals surface area contributed by atoms with Crippen LogP contribution in [-0.2, 0) is 26.6 Å². The maximum atomic E-state index is 4.74. The number of imidazole rings is 1. The van der Waals surface area contributed by atoms with Gasteiger partial charge in [0.2, 0.25) is 0 Å². The molecule has 0 saturated heterocycles. The Hall–Kier alpha value is -1.82. The van der Waals surface area contributed by atoms with Crippen LogP contribution in [0.2, 0.25) is 0 Å². The van der Waals surface area contributed by atoms with Crippen LogP contribution in [0.1, 0.15) is 43.3 Å². The molecule has 0 saturated carbocycles. The second-order valence-corrected chi connectivity index (χ2v) is 6.97. The van der Waals surface area contributed by atoms with Crippen molar-refractivity contribution in [2.75, 3.05) is 19.0 Å². The predicted molar refractivity (Wildman–Crippen MR) is 92.8 cm³/mol. The molecule has 0 fully saturated rings. The molecule has 1 aliphatic rings. The Labute approximate surface area is 138 Å². The second kappa shape index (κ2) is 6.35. The van der Waals surface area contributed by atoms with Gasteiger partial charge in [-0.25, -0.2) is 4.98 Å². The first-order valence-electron chi connectivity index (χ1n) is 8.43. The van der Waals surface area contributed by atoms with E-state index < -0.39 is 0 Å². The number of nitrogens with zero attached hydrogens (tertiary/aromatic N) is 5. The standard InChI is InChI=1S/C17H28N6/c1-12(2)16-14(17(21(3)4)22(5)20-16)10-19-13-6-7-15-18-8-9-23(15)11-13/h8-9,12-13,19H,6-7,10-11H2,1-5H3/t13-/m0/s1. The zero-order chi connectivity index (χ0) is 16.6. The summed E-state index contributed by atoms with van der Waals surface area (Å²) in [6.07, 6.45) is 6.18. The molecule has 3 heterocycles. The van der Waals surface area contributed by atoms with Crippen LogP contribution in [0, 0.1) is 0 Å². The van der Waals surface area contributed by atoms with Gasteiger partial charge in [0, 0.05) is 64.7 Å². The van der Waals surface area contributed by atoms with E-state index in [0.29, 0.717) is 12.0 Å². The summed E-state index contributed by atoms with van der Waals surface area (Å²) in [5, 5.41) is 8.49. The third-order valence-electron chi connectivity index (χ3n) is 4.62. The maximum absolute atomic E-state index is 4.74. The van der Waals surface area contributed by atoms with Crippen molar-refractivity contribution >= 4 is 5.82 Å². The first-order valence-corrected chi connectivity index (χ1v) is 8.43. The number of nitrogens with one attached hydrogen (secondary N) is 1. The number of rotatable bonds is 5. The lowest BCUT2D eigenvalue weighted by atomic mass is 10.0. The molecule has 6 nitrogen and oxygen atoms in total. The summed E-state index contributed by atoms with van der Waals surface area (Å²) >= 11 is 0. The van der Waals surface area contributed by atoms with E-state index in [0.717, 1.165) is 25.9 Å². The van der Waals surface area contributed by atoms with E-state index in [4.69, 9.17) is 5.10 Å². The molecule has 1 atom stereocenters. The molecule has 0 aliphatic carbocycles. The minimum Gasteiger partial charge on any atom is -0.363 e. The molecule has 0 spiro atoms. The third kappa shape index (κ3) is 3.13. The molecule has 1 aliphatic heterocycles. The molecule has 0 aromatic carbocycles. The van der Waals surface area contributed by atoms with Gasteiger partial charge in [-0.1, -0.05) is 13.8 Å². The molecule has 126 valence electrons. The molecule has 0 unspecified atom stereocenters. The van der Waals surface area contributed by atoms with Crippen molar-refractivity contribution in [1.29, 1.82) is 0 Å². The highest BCUT2D eigenvalue weighted by molar-refractivity contribution is 5.50. The van der Waals surface area contributed by atoms with E-state index in [1.165, 1.54) is 22.9 Å². The normalized spacial score (nSPS) is 17.6. The molecule has 0 radical (unpaired) electrons. The number of aromatic nitrogens is 4. The maximum Gasteiger partial charge on any atom is 0.130 e. The van der Waals surface area contributed by atoms with Gasteiger partial charge in [0.1, 0.15) is 11.6 Å². The van der Waals surface area contributed by atoms with Crippen molar-refractivity contribution in [2.45, 2.75) is 51.7 Å². The van der Waals surface area contributed by atoms with Gasteiger partial charge in [0.25, 0.3) is 0 Å². The molecule has 23 heavy (non-hydrogen) atoms. The van der Waals surface area contributed by atoms with Crippen molar-refractivity contribution < 1.29 is 0 Å². The Bertz CT molecular complexity index is 667. The Kier molecular flexibility index (Phi) is 4.43. The van der Waals surface area contributed by atoms with Gasteiger partial charge in [-0.3, -0.25) is 4.68 Å². The zero-order valence-corrected chi connectivity index (χ0v) is 14.9. The van der Waals surface area contributed by atoms with Gasteiger partial charge in [-0.15, -0.1) is 0 Å². The van der Waals surface area contributed by atoms with Gasteiger partial charge in [-0.2, -0.15) is 5.10 Å². The van der Waals surface area contributed by atoms with Crippen LogP contribution in [0.15, 0.2) is 12.4 Å². The second-order valence-electron chi connectivity index (χ2n) is 6.97. The smallest absolute Gasteiger partial charge is 0.130 e. The number of fused-ring (bicyclic) bond motifs is 1. The molecule has 2 aromatic heterocycles. The minimum atomic E-state index is 0.429. The lowest BCUT2D eigenvalue weighted by Gasteiger charge is -2.25. The Morgan fingerprint density at radius 2 is 2.17 bits per heavy atom. The van der Waals surface area contributed by atoms with Crippen LogP contribution < -0.4 is 10.2 Å². The molecule has 3 rings (SSSR count). The summed E-state index contributed by atoms with van der Waals surface area (Å²) in [5.74, 6) is 2.83. The third-order valence-corrected chi connectivity index (χ3v) is 4.62. The van der Waals surface area contributed by atoms with Crippen LogP contribution in [0.5, 0.6) is 0 Å². The summed E-state index contributed by atoms with van der Waals surface area (Å²) in [5.41, 5.74) is 2.52. The van der Waals surface area contributed by atoms with Crippen molar-refractivity contribution in [1.82, 2.24) is 24.6 Å². The van der Waals surface area contributed by atoms with Crippen LogP contribution in [0.25, 0.3) is 0 Å². The van der Waals surface area contributed by atoms with Crippen molar-refractivity contribution in [3.8, 4) is 0 Å². The fourth-order valence-electron chi connectivity index (χ4n) is 3.55. The van der Waals surface area contributed by atoms with Gasteiger partial charge in [0.05, 0.1) is 5.69 Å². The van der Waals surface area contributed by atoms with E-state index in [9.17, 15) is 0 Å². The molecule has 6 heteroatoms. The van der Waals surface area contributed by atoms with Crippen LogP contribution in [0.4, 0.5) is 5.82 Å². The number of anilines is 1. The van der Waals surface area contributed by atoms with Crippen LogP contribution in [-0.4, -0.2) is 39.5 Å². The summed E-state index contributed by atoms with van der Waals surface area (Å²) in [6, 6.07) is 0.493. The molecule has 0 amide bonds. The van der Waals surface area contributed by atoms with Gasteiger partial charge < -0.3 is 14.8 Å². The summed E-state index contributed by atoms with van der Waals surface area (Å²) in [4.78, 5) is 6.56. The molecule has 2 aromatic rings. The topological polar surface area (TPSA) is 50.9 Å². The van der Waals surface area contributed by atoms with Crippen LogP contribution in [0.3, 0.4) is 0 Å². The highest BCUT2D eigenvalue weighted by Gasteiger charge is 2.22. The lowest BCUT2D eigenvalue weighted by molar-refractivity contribution is 0.378. The first-order chi connectivity index (χ1) is 11.0. The fraction of sp³-hybridized carbons (Fsp3) is 0.647. The zero-order valence-electron chi connectivity index (χ0n) is 14.9. The summed E-state index contributed by atoms with van der Waals surface area (Å²) in [6.45, 7) is 6.29. The summed E-state index contributed by atoms with van der Waals surface area (Å²) in [7, 11) is 6.20. The Balaban J connectivity index is 1.75. The van der Waals surface area contributed by atoms with E-state index in [-0.39, 0.29) is 0 Å². The molecule has 0 bridgehead atoms. The number of hydrogen-bond acceptors (Lipinski definition) is 4. The quantitative estimate of drug-likeness (QED) is 0.915. The molecular formula is C17H28N6. The highest BCUT2D eigenvalue weighted by Crippen LogP contribution is 2.27. The summed E-state index contributed by atoms with van der Waals surface area (Å²) < 4.78 is 4.27.